The molecular weight excluding hydrogens is 783 g/mol. The number of thiazole rings is 1. The molecule has 4 aromatic heterocycles. The number of aromatic hydroxyl groups is 1. The number of para-hydroxylation sites is 1. The number of aryl methyl sites for hydroxylation is 2. The number of carbonyl (C=O) groups is 2. The lowest BCUT2D eigenvalue weighted by Crippen LogP contribution is -2.48. The number of rotatable bonds is 13. The number of hydrogen-bond donors (Lipinski definition) is 3. The molecule has 8 rings (SSSR count). The zero-order valence-electron chi connectivity index (χ0n) is 34.5. The lowest BCUT2D eigenvalue weighted by Gasteiger charge is -2.35. The number of amides is 2. The van der Waals surface area contributed by atoms with Gasteiger partial charge in [0.05, 0.1) is 39.4 Å². The highest BCUT2D eigenvalue weighted by Crippen LogP contribution is 2.34. The first kappa shape index (κ1) is 40.9. The molecule has 2 fully saturated rings. The van der Waals surface area contributed by atoms with Gasteiger partial charge in [0.15, 0.2) is 5.76 Å². The molecule has 2 amide bonds. The van der Waals surface area contributed by atoms with Gasteiger partial charge in [-0.2, -0.15) is 0 Å². The normalized spacial score (nSPS) is 18.3. The Kier molecular flexibility index (Phi) is 11.9. The van der Waals surface area contributed by atoms with Gasteiger partial charge >= 0.3 is 0 Å². The highest BCUT2D eigenvalue weighted by molar-refractivity contribution is 7.13. The van der Waals surface area contributed by atoms with Crippen LogP contribution in [0, 0.1) is 12.8 Å². The molecule has 4 atom stereocenters. The van der Waals surface area contributed by atoms with Gasteiger partial charge < -0.3 is 39.2 Å². The standard InChI is InChI=1S/C44H51N9O6S/c1-26(2)41(44(57)53-24-31(54)20-36(53)43(56)46-27(3)29-10-12-30(13-11-29)42-28(4)45-25-60-42)38-23-39(49-59-38)58-19-18-51-14-16-52(17-15-51)40-22-34-35(50(40)5)21-33(47-48-34)32-8-6-7-9-37(32)55/h6-13,21-23,25-27,31,36,41,54-55H,14-20,24H2,1-5H3,(H,46,56)/t27-,31?,36?,41+/m0/s1. The SMILES string of the molecule is Cc1ncsc1-c1ccc([C@H](C)NC(=O)C2CC(O)CN2C(=O)[C@@H](c2cc(OCCN3CCN(c4cc5nnc(-c6ccccc6O)cc5n4C)CC3)no2)C(C)C)cc1. The summed E-state index contributed by atoms with van der Waals surface area (Å²) in [5.41, 5.74) is 7.81. The van der Waals surface area contributed by atoms with Crippen molar-refractivity contribution in [2.24, 2.45) is 13.0 Å². The molecule has 0 radical (unpaired) electrons. The van der Waals surface area contributed by atoms with E-state index < -0.39 is 18.1 Å². The molecule has 0 bridgehead atoms. The number of benzene rings is 2. The highest BCUT2D eigenvalue weighted by Gasteiger charge is 2.43. The van der Waals surface area contributed by atoms with Gasteiger partial charge in [0.25, 0.3) is 5.88 Å². The summed E-state index contributed by atoms with van der Waals surface area (Å²) in [5, 5.41) is 37.0. The molecule has 16 heteroatoms. The summed E-state index contributed by atoms with van der Waals surface area (Å²) in [6.07, 6.45) is -0.674. The Balaban J connectivity index is 0.839. The number of β-amino-alcohol motifs (C(OH)–C–C–N with tert-alkyl or cyclic N) is 1. The van der Waals surface area contributed by atoms with E-state index in [9.17, 15) is 19.8 Å². The molecule has 0 spiro atoms. The number of carbonyl (C=O) groups excluding carboxylic acids is 2. The molecule has 2 aliphatic rings. The lowest BCUT2D eigenvalue weighted by atomic mass is 9.91. The summed E-state index contributed by atoms with van der Waals surface area (Å²) in [7, 11) is 2.02. The number of nitrogens with one attached hydrogen (secondary N) is 1. The number of hydrogen-bond acceptors (Lipinski definition) is 13. The maximum atomic E-state index is 14.2. The molecule has 0 aliphatic carbocycles. The van der Waals surface area contributed by atoms with E-state index in [4.69, 9.17) is 9.26 Å². The van der Waals surface area contributed by atoms with Crippen LogP contribution in [0.15, 0.2) is 76.8 Å². The number of fused-ring (bicyclic) bond motifs is 1. The van der Waals surface area contributed by atoms with Crippen molar-refractivity contribution in [3.8, 4) is 33.3 Å². The van der Waals surface area contributed by atoms with Crippen molar-refractivity contribution >= 4 is 40.0 Å². The number of piperazine rings is 1. The predicted octanol–water partition coefficient (Wildman–Crippen LogP) is 5.54. The number of nitrogens with zero attached hydrogens (tertiary/aromatic N) is 8. The van der Waals surface area contributed by atoms with E-state index in [-0.39, 0.29) is 42.5 Å². The Labute approximate surface area is 352 Å². The van der Waals surface area contributed by atoms with Gasteiger partial charge in [-0.1, -0.05) is 50.2 Å². The molecule has 314 valence electrons. The van der Waals surface area contributed by atoms with Crippen LogP contribution in [-0.4, -0.2) is 115 Å². The third-order valence-electron chi connectivity index (χ3n) is 11.7. The molecular formula is C44H51N9O6S. The van der Waals surface area contributed by atoms with Crippen molar-refractivity contribution in [2.75, 3.05) is 50.8 Å². The van der Waals surface area contributed by atoms with Gasteiger partial charge in [0.1, 0.15) is 35.7 Å². The van der Waals surface area contributed by atoms with Gasteiger partial charge in [-0.3, -0.25) is 14.5 Å². The molecule has 2 aliphatic heterocycles. The van der Waals surface area contributed by atoms with E-state index in [2.05, 4.69) is 46.1 Å². The molecule has 15 nitrogen and oxygen atoms in total. The number of aromatic nitrogens is 5. The minimum atomic E-state index is -0.827. The molecule has 2 unspecified atom stereocenters. The zero-order chi connectivity index (χ0) is 42.1. The van der Waals surface area contributed by atoms with Crippen LogP contribution in [0.5, 0.6) is 11.6 Å². The summed E-state index contributed by atoms with van der Waals surface area (Å²) in [4.78, 5) is 39.5. The van der Waals surface area contributed by atoms with E-state index in [1.54, 1.807) is 29.5 Å². The summed E-state index contributed by atoms with van der Waals surface area (Å²) in [6.45, 7) is 12.2. The van der Waals surface area contributed by atoms with E-state index in [0.29, 0.717) is 36.0 Å². The number of anilines is 1. The number of likely N-dealkylation sites (tertiary alicyclic amines) is 1. The molecule has 2 saturated heterocycles. The van der Waals surface area contributed by atoms with Crippen molar-refractivity contribution in [2.45, 2.75) is 58.2 Å². The highest BCUT2D eigenvalue weighted by atomic mass is 32.1. The molecule has 6 heterocycles. The number of aliphatic hydroxyl groups excluding tert-OH is 1. The number of phenols is 1. The van der Waals surface area contributed by atoms with Crippen molar-refractivity contribution in [3.05, 3.63) is 89.3 Å². The average molecular weight is 834 g/mol. The van der Waals surface area contributed by atoms with Crippen molar-refractivity contribution < 1.29 is 29.1 Å². The fraction of sp³-hybridized carbons (Fsp3) is 0.409. The van der Waals surface area contributed by atoms with Crippen LogP contribution in [0.25, 0.3) is 32.7 Å². The third kappa shape index (κ3) is 8.44. The van der Waals surface area contributed by atoms with Crippen LogP contribution < -0.4 is 15.0 Å². The van der Waals surface area contributed by atoms with Crippen LogP contribution in [0.3, 0.4) is 0 Å². The fourth-order valence-corrected chi connectivity index (χ4v) is 9.12. The molecule has 0 saturated carbocycles. The average Bonchev–Trinajstić information content (AvgIpc) is 4.05. The topological polar surface area (TPSA) is 175 Å². The van der Waals surface area contributed by atoms with Crippen LogP contribution in [0.4, 0.5) is 5.82 Å². The smallest absolute Gasteiger partial charge is 0.254 e. The second-order valence-electron chi connectivity index (χ2n) is 16.1. The molecule has 60 heavy (non-hydrogen) atoms. The van der Waals surface area contributed by atoms with E-state index in [1.807, 2.05) is 82.7 Å². The maximum Gasteiger partial charge on any atom is 0.254 e. The van der Waals surface area contributed by atoms with Gasteiger partial charge in [-0.25, -0.2) is 4.98 Å². The van der Waals surface area contributed by atoms with Crippen LogP contribution in [0.2, 0.25) is 0 Å². The van der Waals surface area contributed by atoms with E-state index in [0.717, 1.165) is 64.7 Å². The quantitative estimate of drug-likeness (QED) is 0.133. The summed E-state index contributed by atoms with van der Waals surface area (Å²) < 4.78 is 13.8. The Morgan fingerprint density at radius 2 is 1.78 bits per heavy atom. The Hall–Kier alpha value is -5.84. The molecule has 6 aromatic rings. The first-order valence-corrected chi connectivity index (χ1v) is 21.3. The number of phenolic OH excluding ortho intramolecular Hbond substituents is 1. The van der Waals surface area contributed by atoms with E-state index in [1.165, 1.54) is 4.90 Å². The monoisotopic (exact) mass is 833 g/mol. The zero-order valence-corrected chi connectivity index (χ0v) is 35.3. The Morgan fingerprint density at radius 3 is 2.50 bits per heavy atom. The Bertz CT molecular complexity index is 2460. The van der Waals surface area contributed by atoms with Crippen molar-refractivity contribution in [1.82, 2.24) is 40.0 Å². The van der Waals surface area contributed by atoms with Gasteiger partial charge in [-0.15, -0.1) is 21.5 Å². The minimum absolute atomic E-state index is 0.0529. The summed E-state index contributed by atoms with van der Waals surface area (Å²) in [5.74, 6) is 0.368. The largest absolute Gasteiger partial charge is 0.507 e. The van der Waals surface area contributed by atoms with Gasteiger partial charge in [-0.05, 0) is 54.2 Å². The predicted molar refractivity (Wildman–Crippen MR) is 229 cm³/mol. The fourth-order valence-electron chi connectivity index (χ4n) is 8.31. The first-order valence-electron chi connectivity index (χ1n) is 20.4. The summed E-state index contributed by atoms with van der Waals surface area (Å²) >= 11 is 1.59. The van der Waals surface area contributed by atoms with Crippen molar-refractivity contribution in [3.63, 3.8) is 0 Å². The number of ether oxygens (including phenoxy) is 1. The third-order valence-corrected chi connectivity index (χ3v) is 12.7. The second kappa shape index (κ2) is 17.4. The second-order valence-corrected chi connectivity index (χ2v) is 16.9. The van der Waals surface area contributed by atoms with Gasteiger partial charge in [0, 0.05) is 70.4 Å². The van der Waals surface area contributed by atoms with Crippen LogP contribution in [-0.2, 0) is 16.6 Å². The Morgan fingerprint density at radius 1 is 1.02 bits per heavy atom. The van der Waals surface area contributed by atoms with Crippen LogP contribution >= 0.6 is 11.3 Å². The van der Waals surface area contributed by atoms with Crippen molar-refractivity contribution in [1.29, 1.82) is 0 Å². The first-order chi connectivity index (χ1) is 28.9. The van der Waals surface area contributed by atoms with Crippen LogP contribution in [0.1, 0.15) is 56.2 Å². The molecule has 3 N–H and O–H groups in total. The molecule has 2 aromatic carbocycles. The number of aliphatic hydroxyl groups is 1. The minimum Gasteiger partial charge on any atom is -0.507 e. The van der Waals surface area contributed by atoms with E-state index >= 15 is 0 Å². The summed E-state index contributed by atoms with van der Waals surface area (Å²) in [6, 6.07) is 19.7. The lowest BCUT2D eigenvalue weighted by molar-refractivity contribution is -0.141. The van der Waals surface area contributed by atoms with Gasteiger partial charge in [0.2, 0.25) is 11.8 Å². The maximum absolute atomic E-state index is 14.2.